The number of amides is 2. The molecule has 184 valence electrons. The zero-order valence-electron chi connectivity index (χ0n) is 20.5. The average molecular weight is 480 g/mol. The Hall–Kier alpha value is -3.60. The number of anilines is 1. The number of rotatable bonds is 4. The van der Waals surface area contributed by atoms with Gasteiger partial charge < -0.3 is 15.5 Å². The molecule has 2 aliphatic heterocycles. The molecule has 6 rings (SSSR count). The highest BCUT2D eigenvalue weighted by Crippen LogP contribution is 2.51. The molecule has 0 spiro atoms. The van der Waals surface area contributed by atoms with E-state index >= 15 is 0 Å². The van der Waals surface area contributed by atoms with Gasteiger partial charge in [0.15, 0.2) is 0 Å². The molecule has 0 radical (unpaired) electrons. The molecular formula is C31H33N3O2. The number of hydrogen-bond acceptors (Lipinski definition) is 3. The van der Waals surface area contributed by atoms with Gasteiger partial charge in [-0.2, -0.15) is 0 Å². The van der Waals surface area contributed by atoms with Gasteiger partial charge in [-0.25, -0.2) is 0 Å². The molecule has 36 heavy (non-hydrogen) atoms. The first kappa shape index (κ1) is 22.8. The monoisotopic (exact) mass is 479 g/mol. The summed E-state index contributed by atoms with van der Waals surface area (Å²) in [4.78, 5) is 29.3. The van der Waals surface area contributed by atoms with Crippen LogP contribution in [-0.2, 0) is 4.79 Å². The molecule has 5 nitrogen and oxygen atoms in total. The third-order valence-corrected chi connectivity index (χ3v) is 8.34. The van der Waals surface area contributed by atoms with Gasteiger partial charge in [-0.05, 0) is 48.6 Å². The van der Waals surface area contributed by atoms with Crippen LogP contribution in [0.5, 0.6) is 0 Å². The van der Waals surface area contributed by atoms with Crippen LogP contribution in [0.25, 0.3) is 0 Å². The molecule has 3 aromatic rings. The molecular weight excluding hydrogens is 446 g/mol. The van der Waals surface area contributed by atoms with Crippen molar-refractivity contribution in [1.82, 2.24) is 10.2 Å². The number of nitrogens with zero attached hydrogens (tertiary/aromatic N) is 1. The summed E-state index contributed by atoms with van der Waals surface area (Å²) in [5.41, 5.74) is 4.24. The van der Waals surface area contributed by atoms with E-state index in [4.69, 9.17) is 0 Å². The Morgan fingerprint density at radius 1 is 0.806 bits per heavy atom. The SMILES string of the molecule is O=C(N[C@@H]1CCCCC1C(=O)N1CC[C@H]2[C@@H](c3ccccc3)Nc3ccccc3[C@H]21)c1ccccc1. The summed E-state index contributed by atoms with van der Waals surface area (Å²) in [6.07, 6.45) is 4.71. The highest BCUT2D eigenvalue weighted by atomic mass is 16.2. The van der Waals surface area contributed by atoms with Crippen LogP contribution in [0.15, 0.2) is 84.9 Å². The maximum absolute atomic E-state index is 14.2. The Kier molecular flexibility index (Phi) is 6.22. The van der Waals surface area contributed by atoms with Crippen molar-refractivity contribution in [3.63, 3.8) is 0 Å². The van der Waals surface area contributed by atoms with Crippen LogP contribution in [0.2, 0.25) is 0 Å². The van der Waals surface area contributed by atoms with E-state index in [9.17, 15) is 9.59 Å². The van der Waals surface area contributed by atoms with Crippen molar-refractivity contribution in [2.24, 2.45) is 11.8 Å². The largest absolute Gasteiger partial charge is 0.378 e. The number of carbonyl (C=O) groups excluding carboxylic acids is 2. The van der Waals surface area contributed by atoms with Crippen molar-refractivity contribution in [2.75, 3.05) is 11.9 Å². The molecule has 2 heterocycles. The van der Waals surface area contributed by atoms with Crippen molar-refractivity contribution in [2.45, 2.75) is 50.2 Å². The van der Waals surface area contributed by atoms with Crippen LogP contribution in [-0.4, -0.2) is 29.3 Å². The fraction of sp³-hybridized carbons (Fsp3) is 0.355. The van der Waals surface area contributed by atoms with Gasteiger partial charge in [0.2, 0.25) is 5.91 Å². The van der Waals surface area contributed by atoms with E-state index in [2.05, 4.69) is 70.1 Å². The van der Waals surface area contributed by atoms with Crippen molar-refractivity contribution in [1.29, 1.82) is 0 Å². The Labute approximate surface area is 212 Å². The van der Waals surface area contributed by atoms with E-state index in [1.807, 2.05) is 30.3 Å². The highest BCUT2D eigenvalue weighted by molar-refractivity contribution is 5.95. The van der Waals surface area contributed by atoms with Gasteiger partial charge in [0.25, 0.3) is 5.91 Å². The molecule has 1 saturated carbocycles. The van der Waals surface area contributed by atoms with Gasteiger partial charge >= 0.3 is 0 Å². The summed E-state index contributed by atoms with van der Waals surface area (Å²) < 4.78 is 0. The van der Waals surface area contributed by atoms with Crippen LogP contribution >= 0.6 is 0 Å². The Bertz CT molecular complexity index is 1230. The smallest absolute Gasteiger partial charge is 0.251 e. The molecule has 5 heteroatoms. The van der Waals surface area contributed by atoms with Crippen molar-refractivity contribution in [3.05, 3.63) is 102 Å². The van der Waals surface area contributed by atoms with Gasteiger partial charge in [-0.3, -0.25) is 9.59 Å². The second-order valence-electron chi connectivity index (χ2n) is 10.4. The number of carbonyl (C=O) groups is 2. The molecule has 5 atom stereocenters. The van der Waals surface area contributed by atoms with E-state index in [1.165, 1.54) is 11.1 Å². The standard InChI is InChI=1S/C31H33N3O2/c35-30(22-13-5-2-6-14-22)33-27-18-10-8-16-24(27)31(36)34-20-19-25-28(21-11-3-1-4-12-21)32-26-17-9-7-15-23(26)29(25)34/h1-7,9,11-15,17,24-25,27-29,32H,8,10,16,18-20H2,(H,33,35)/t24?,25-,27+,28+,29+/m0/s1. The molecule has 3 aliphatic rings. The lowest BCUT2D eigenvalue weighted by atomic mass is 9.79. The minimum absolute atomic E-state index is 0.0487. The fourth-order valence-electron chi connectivity index (χ4n) is 6.62. The number of fused-ring (bicyclic) bond motifs is 3. The molecule has 1 unspecified atom stereocenters. The molecule has 1 aliphatic carbocycles. The van der Waals surface area contributed by atoms with Gasteiger partial charge in [-0.15, -0.1) is 0 Å². The second-order valence-corrected chi connectivity index (χ2v) is 10.4. The number of hydrogen-bond donors (Lipinski definition) is 2. The lowest BCUT2D eigenvalue weighted by molar-refractivity contribution is -0.138. The second kappa shape index (κ2) is 9.81. The number of para-hydroxylation sites is 1. The predicted octanol–water partition coefficient (Wildman–Crippen LogP) is 5.73. The van der Waals surface area contributed by atoms with Crippen molar-refractivity contribution >= 4 is 17.5 Å². The summed E-state index contributed by atoms with van der Waals surface area (Å²) in [5.74, 6) is 0.245. The first-order valence-electron chi connectivity index (χ1n) is 13.3. The minimum Gasteiger partial charge on any atom is -0.378 e. The van der Waals surface area contributed by atoms with Gasteiger partial charge in [0, 0.05) is 29.8 Å². The summed E-state index contributed by atoms with van der Waals surface area (Å²) >= 11 is 0. The summed E-state index contributed by atoms with van der Waals surface area (Å²) in [6, 6.07) is 28.4. The summed E-state index contributed by atoms with van der Waals surface area (Å²) in [6.45, 7) is 0.753. The van der Waals surface area contributed by atoms with E-state index in [-0.39, 0.29) is 35.9 Å². The number of nitrogens with one attached hydrogen (secondary N) is 2. The third kappa shape index (κ3) is 4.17. The summed E-state index contributed by atoms with van der Waals surface area (Å²) in [5, 5.41) is 7.00. The Morgan fingerprint density at radius 2 is 1.50 bits per heavy atom. The number of likely N-dealkylation sites (tertiary alicyclic amines) is 1. The maximum atomic E-state index is 14.2. The minimum atomic E-state index is -0.178. The van der Waals surface area contributed by atoms with E-state index in [0.29, 0.717) is 11.5 Å². The molecule has 2 fully saturated rings. The first-order chi connectivity index (χ1) is 17.7. The molecule has 0 bridgehead atoms. The van der Waals surface area contributed by atoms with Crippen molar-refractivity contribution < 1.29 is 9.59 Å². The van der Waals surface area contributed by atoms with E-state index in [0.717, 1.165) is 44.3 Å². The van der Waals surface area contributed by atoms with Gasteiger partial charge in [0.1, 0.15) is 0 Å². The Morgan fingerprint density at radius 3 is 2.31 bits per heavy atom. The van der Waals surface area contributed by atoms with E-state index < -0.39 is 0 Å². The molecule has 1 saturated heterocycles. The molecule has 2 amide bonds. The summed E-state index contributed by atoms with van der Waals surface area (Å²) in [7, 11) is 0. The van der Waals surface area contributed by atoms with Crippen LogP contribution < -0.4 is 10.6 Å². The third-order valence-electron chi connectivity index (χ3n) is 8.34. The quantitative estimate of drug-likeness (QED) is 0.502. The number of benzene rings is 3. The van der Waals surface area contributed by atoms with Gasteiger partial charge in [0.05, 0.1) is 18.0 Å². The molecule has 3 aromatic carbocycles. The first-order valence-corrected chi connectivity index (χ1v) is 13.3. The normalized spacial score (nSPS) is 26.9. The zero-order valence-corrected chi connectivity index (χ0v) is 20.5. The van der Waals surface area contributed by atoms with E-state index in [1.54, 1.807) is 0 Å². The molecule has 0 aromatic heterocycles. The molecule has 2 N–H and O–H groups in total. The highest BCUT2D eigenvalue weighted by Gasteiger charge is 2.48. The lowest BCUT2D eigenvalue weighted by Gasteiger charge is -2.42. The van der Waals surface area contributed by atoms with Crippen LogP contribution in [0, 0.1) is 11.8 Å². The fourth-order valence-corrected chi connectivity index (χ4v) is 6.62. The van der Waals surface area contributed by atoms with Crippen LogP contribution in [0.3, 0.4) is 0 Å². The van der Waals surface area contributed by atoms with Crippen molar-refractivity contribution in [3.8, 4) is 0 Å². The van der Waals surface area contributed by atoms with Gasteiger partial charge in [-0.1, -0.05) is 79.6 Å². The van der Waals surface area contributed by atoms with Crippen LogP contribution in [0.4, 0.5) is 5.69 Å². The average Bonchev–Trinajstić information content (AvgIpc) is 3.39. The van der Waals surface area contributed by atoms with Crippen LogP contribution in [0.1, 0.15) is 65.7 Å². The zero-order chi connectivity index (χ0) is 24.5. The maximum Gasteiger partial charge on any atom is 0.251 e. The topological polar surface area (TPSA) is 61.4 Å². The predicted molar refractivity (Wildman–Crippen MR) is 141 cm³/mol. The Balaban J connectivity index is 1.28. The lowest BCUT2D eigenvalue weighted by Crippen LogP contribution is -2.50.